The zero-order valence-corrected chi connectivity index (χ0v) is 18.4. The van der Waals surface area contributed by atoms with Gasteiger partial charge in [-0.1, -0.05) is 6.07 Å². The minimum Gasteiger partial charge on any atom is -0.481 e. The van der Waals surface area contributed by atoms with Crippen molar-refractivity contribution in [3.05, 3.63) is 65.6 Å². The van der Waals surface area contributed by atoms with Gasteiger partial charge >= 0.3 is 5.97 Å². The van der Waals surface area contributed by atoms with Gasteiger partial charge in [0.25, 0.3) is 0 Å². The SMILES string of the molecule is Cc1nc2c(cc(-c3ccnc(-c4ccc5c(cnn5C)c4)c3)n2C)c(C)c1CC(=O)O. The van der Waals surface area contributed by atoms with Gasteiger partial charge in [-0.3, -0.25) is 14.5 Å². The van der Waals surface area contributed by atoms with Crippen LogP contribution in [0, 0.1) is 13.8 Å². The Labute approximate surface area is 185 Å². The Hall–Kier alpha value is -4.00. The quantitative estimate of drug-likeness (QED) is 0.460. The fraction of sp³-hybridized carbons (Fsp3) is 0.200. The highest BCUT2D eigenvalue weighted by Crippen LogP contribution is 2.32. The molecule has 0 amide bonds. The molecule has 0 fully saturated rings. The van der Waals surface area contributed by atoms with E-state index in [1.807, 2.05) is 51.1 Å². The maximum absolute atomic E-state index is 11.3. The van der Waals surface area contributed by atoms with E-state index in [0.29, 0.717) is 0 Å². The van der Waals surface area contributed by atoms with Crippen LogP contribution in [0.5, 0.6) is 0 Å². The minimum absolute atomic E-state index is 0.0267. The molecular formula is C25H23N5O2. The molecular weight excluding hydrogens is 402 g/mol. The molecule has 0 atom stereocenters. The lowest BCUT2D eigenvalue weighted by Gasteiger charge is -2.09. The van der Waals surface area contributed by atoms with Crippen LogP contribution < -0.4 is 0 Å². The highest BCUT2D eigenvalue weighted by molar-refractivity contribution is 5.90. The number of aromatic nitrogens is 5. The first-order valence-electron chi connectivity index (χ1n) is 10.4. The van der Waals surface area contributed by atoms with E-state index < -0.39 is 5.97 Å². The van der Waals surface area contributed by atoms with Gasteiger partial charge in [0.05, 0.1) is 29.5 Å². The molecule has 0 spiro atoms. The Bertz CT molecular complexity index is 1530. The van der Waals surface area contributed by atoms with Gasteiger partial charge in [0.1, 0.15) is 5.65 Å². The first kappa shape index (κ1) is 19.9. The first-order chi connectivity index (χ1) is 15.3. The lowest BCUT2D eigenvalue weighted by Crippen LogP contribution is -2.06. The topological polar surface area (TPSA) is 85.8 Å². The first-order valence-corrected chi connectivity index (χ1v) is 10.4. The van der Waals surface area contributed by atoms with E-state index in [1.165, 1.54) is 0 Å². The monoisotopic (exact) mass is 425 g/mol. The second-order valence-corrected chi connectivity index (χ2v) is 8.17. The molecule has 1 aromatic carbocycles. The summed E-state index contributed by atoms with van der Waals surface area (Å²) < 4.78 is 3.91. The van der Waals surface area contributed by atoms with E-state index in [1.54, 1.807) is 0 Å². The van der Waals surface area contributed by atoms with Crippen LogP contribution in [0.3, 0.4) is 0 Å². The standard InChI is InChI=1S/C25H23N5O2/c1-14-19(12-24(31)32)15(2)28-25-20(14)11-23(29(25)3)17-7-8-26-21(10-17)16-5-6-22-18(9-16)13-27-30(22)4/h5-11,13H,12H2,1-4H3,(H,31,32). The molecule has 0 aliphatic carbocycles. The van der Waals surface area contributed by atoms with Crippen LogP contribution in [-0.4, -0.2) is 35.4 Å². The maximum Gasteiger partial charge on any atom is 0.307 e. The van der Waals surface area contributed by atoms with Crippen LogP contribution in [0.1, 0.15) is 16.8 Å². The number of pyridine rings is 2. The van der Waals surface area contributed by atoms with Crippen molar-refractivity contribution in [2.24, 2.45) is 14.1 Å². The number of rotatable bonds is 4. The molecule has 0 aliphatic heterocycles. The average molecular weight is 425 g/mol. The minimum atomic E-state index is -0.849. The largest absolute Gasteiger partial charge is 0.481 e. The third kappa shape index (κ3) is 3.13. The second-order valence-electron chi connectivity index (χ2n) is 8.17. The van der Waals surface area contributed by atoms with E-state index in [9.17, 15) is 9.90 Å². The van der Waals surface area contributed by atoms with Gasteiger partial charge in [-0.05, 0) is 55.3 Å². The third-order valence-corrected chi connectivity index (χ3v) is 6.19. The lowest BCUT2D eigenvalue weighted by atomic mass is 10.0. The number of carbonyl (C=O) groups is 1. The number of carboxylic acid groups (broad SMARTS) is 1. The molecule has 5 rings (SSSR count). The fourth-order valence-electron chi connectivity index (χ4n) is 4.42. The molecule has 0 aliphatic rings. The summed E-state index contributed by atoms with van der Waals surface area (Å²) in [7, 11) is 3.92. The van der Waals surface area contributed by atoms with Gasteiger partial charge < -0.3 is 9.67 Å². The number of aryl methyl sites for hydroxylation is 4. The Kier molecular flexibility index (Phi) is 4.55. The molecule has 7 nitrogen and oxygen atoms in total. The van der Waals surface area contributed by atoms with Gasteiger partial charge in [0, 0.05) is 47.9 Å². The number of aliphatic carboxylic acids is 1. The summed E-state index contributed by atoms with van der Waals surface area (Å²) in [6.45, 7) is 3.84. The van der Waals surface area contributed by atoms with Gasteiger partial charge in [-0.2, -0.15) is 5.10 Å². The van der Waals surface area contributed by atoms with Crippen LogP contribution in [0.25, 0.3) is 44.5 Å². The van der Waals surface area contributed by atoms with Gasteiger partial charge in [0.2, 0.25) is 0 Å². The van der Waals surface area contributed by atoms with Crippen molar-refractivity contribution in [1.82, 2.24) is 24.3 Å². The molecule has 160 valence electrons. The summed E-state index contributed by atoms with van der Waals surface area (Å²) in [6.07, 6.45) is 3.65. The summed E-state index contributed by atoms with van der Waals surface area (Å²) >= 11 is 0. The summed E-state index contributed by atoms with van der Waals surface area (Å²) in [6, 6.07) is 12.4. The Morgan fingerprint density at radius 1 is 1.06 bits per heavy atom. The molecule has 4 aromatic heterocycles. The van der Waals surface area contributed by atoms with Crippen LogP contribution in [0.4, 0.5) is 0 Å². The van der Waals surface area contributed by atoms with Gasteiger partial charge in [0.15, 0.2) is 0 Å². The molecule has 0 bridgehead atoms. The van der Waals surface area contributed by atoms with Crippen molar-refractivity contribution in [3.8, 4) is 22.5 Å². The average Bonchev–Trinajstić information content (AvgIpc) is 3.31. The molecule has 0 saturated heterocycles. The number of carboxylic acids is 1. The van der Waals surface area contributed by atoms with E-state index >= 15 is 0 Å². The predicted molar refractivity (Wildman–Crippen MR) is 124 cm³/mol. The summed E-state index contributed by atoms with van der Waals surface area (Å²) in [4.78, 5) is 20.6. The summed E-state index contributed by atoms with van der Waals surface area (Å²) in [5.74, 6) is -0.849. The molecule has 4 heterocycles. The highest BCUT2D eigenvalue weighted by Gasteiger charge is 2.17. The zero-order chi connectivity index (χ0) is 22.6. The zero-order valence-electron chi connectivity index (χ0n) is 18.4. The molecule has 1 N–H and O–H groups in total. The van der Waals surface area contributed by atoms with Crippen molar-refractivity contribution in [2.45, 2.75) is 20.3 Å². The molecule has 0 unspecified atom stereocenters. The molecule has 32 heavy (non-hydrogen) atoms. The highest BCUT2D eigenvalue weighted by atomic mass is 16.4. The fourth-order valence-corrected chi connectivity index (χ4v) is 4.42. The van der Waals surface area contributed by atoms with Crippen molar-refractivity contribution >= 4 is 27.9 Å². The van der Waals surface area contributed by atoms with Gasteiger partial charge in [-0.15, -0.1) is 0 Å². The summed E-state index contributed by atoms with van der Waals surface area (Å²) in [5, 5.41) is 15.7. The third-order valence-electron chi connectivity index (χ3n) is 6.19. The van der Waals surface area contributed by atoms with Crippen molar-refractivity contribution < 1.29 is 9.90 Å². The number of nitrogens with zero attached hydrogens (tertiary/aromatic N) is 5. The number of hydrogen-bond donors (Lipinski definition) is 1. The number of hydrogen-bond acceptors (Lipinski definition) is 4. The maximum atomic E-state index is 11.3. The van der Waals surface area contributed by atoms with Crippen molar-refractivity contribution in [3.63, 3.8) is 0 Å². The molecule has 0 saturated carbocycles. The van der Waals surface area contributed by atoms with Crippen molar-refractivity contribution in [2.75, 3.05) is 0 Å². The Morgan fingerprint density at radius 2 is 1.88 bits per heavy atom. The van der Waals surface area contributed by atoms with Crippen LogP contribution in [0.15, 0.2) is 48.8 Å². The Balaban J connectivity index is 1.63. The van der Waals surface area contributed by atoms with E-state index in [4.69, 9.17) is 4.98 Å². The van der Waals surface area contributed by atoms with Crippen LogP contribution in [-0.2, 0) is 25.3 Å². The predicted octanol–water partition coefficient (Wildman–Crippen LogP) is 4.43. The summed E-state index contributed by atoms with van der Waals surface area (Å²) in [5.41, 5.74) is 8.37. The van der Waals surface area contributed by atoms with E-state index in [-0.39, 0.29) is 6.42 Å². The van der Waals surface area contributed by atoms with Crippen LogP contribution >= 0.6 is 0 Å². The molecule has 0 radical (unpaired) electrons. The normalized spacial score (nSPS) is 11.5. The van der Waals surface area contributed by atoms with Crippen molar-refractivity contribution in [1.29, 1.82) is 0 Å². The van der Waals surface area contributed by atoms with Crippen LogP contribution in [0.2, 0.25) is 0 Å². The van der Waals surface area contributed by atoms with E-state index in [2.05, 4.69) is 45.0 Å². The second kappa shape index (κ2) is 7.30. The Morgan fingerprint density at radius 3 is 2.66 bits per heavy atom. The smallest absolute Gasteiger partial charge is 0.307 e. The number of benzene rings is 1. The van der Waals surface area contributed by atoms with E-state index in [0.717, 1.165) is 61.3 Å². The van der Waals surface area contributed by atoms with Gasteiger partial charge in [-0.25, -0.2) is 4.98 Å². The lowest BCUT2D eigenvalue weighted by molar-refractivity contribution is -0.136. The molecule has 5 aromatic rings. The number of fused-ring (bicyclic) bond motifs is 2. The molecule has 7 heteroatoms.